The lowest BCUT2D eigenvalue weighted by Gasteiger charge is -2.26. The van der Waals surface area contributed by atoms with Crippen molar-refractivity contribution in [2.75, 3.05) is 6.54 Å². The summed E-state index contributed by atoms with van der Waals surface area (Å²) in [6.45, 7) is 5.23. The summed E-state index contributed by atoms with van der Waals surface area (Å²) in [6, 6.07) is 1.85. The molecule has 0 aromatic rings. The predicted octanol–water partition coefficient (Wildman–Crippen LogP) is 1.84. The van der Waals surface area contributed by atoms with Crippen LogP contribution in [0.2, 0.25) is 0 Å². The molecule has 1 N–H and O–H groups in total. The monoisotopic (exact) mass is 194 g/mol. The SMILES string of the molecule is CC1(C)CCCC1CNC(=O)CC#N. The van der Waals surface area contributed by atoms with E-state index in [-0.39, 0.29) is 12.3 Å². The molecule has 3 nitrogen and oxygen atoms in total. The largest absolute Gasteiger partial charge is 0.355 e. The van der Waals surface area contributed by atoms with Crippen LogP contribution in [0.15, 0.2) is 0 Å². The minimum Gasteiger partial charge on any atom is -0.355 e. The number of carbonyl (C=O) groups excluding carboxylic acids is 1. The molecule has 0 saturated heterocycles. The summed E-state index contributed by atoms with van der Waals surface area (Å²) < 4.78 is 0. The van der Waals surface area contributed by atoms with E-state index in [4.69, 9.17) is 5.26 Å². The Labute approximate surface area is 85.5 Å². The third-order valence-corrected chi connectivity index (χ3v) is 3.26. The van der Waals surface area contributed by atoms with Crippen LogP contribution in [0.5, 0.6) is 0 Å². The number of rotatable bonds is 3. The van der Waals surface area contributed by atoms with Crippen LogP contribution in [0.3, 0.4) is 0 Å². The molecule has 1 fully saturated rings. The van der Waals surface area contributed by atoms with Crippen molar-refractivity contribution >= 4 is 5.91 Å². The first kappa shape index (κ1) is 11.0. The van der Waals surface area contributed by atoms with Gasteiger partial charge in [-0.2, -0.15) is 5.26 Å². The molecule has 1 amide bonds. The molecule has 1 unspecified atom stereocenters. The van der Waals surface area contributed by atoms with Crippen LogP contribution in [0, 0.1) is 22.7 Å². The molecule has 1 saturated carbocycles. The van der Waals surface area contributed by atoms with E-state index in [1.807, 2.05) is 6.07 Å². The van der Waals surface area contributed by atoms with Gasteiger partial charge in [-0.3, -0.25) is 4.79 Å². The van der Waals surface area contributed by atoms with Gasteiger partial charge in [0.25, 0.3) is 0 Å². The summed E-state index contributed by atoms with van der Waals surface area (Å²) in [5, 5.41) is 11.1. The zero-order chi connectivity index (χ0) is 10.6. The van der Waals surface area contributed by atoms with E-state index in [0.717, 1.165) is 6.54 Å². The van der Waals surface area contributed by atoms with Gasteiger partial charge in [-0.1, -0.05) is 20.3 Å². The highest BCUT2D eigenvalue weighted by Crippen LogP contribution is 2.41. The lowest BCUT2D eigenvalue weighted by atomic mass is 9.82. The molecular formula is C11H18N2O. The van der Waals surface area contributed by atoms with Gasteiger partial charge in [0.1, 0.15) is 6.42 Å². The Morgan fingerprint density at radius 1 is 1.64 bits per heavy atom. The van der Waals surface area contributed by atoms with Crippen molar-refractivity contribution in [2.45, 2.75) is 39.5 Å². The molecule has 14 heavy (non-hydrogen) atoms. The van der Waals surface area contributed by atoms with E-state index in [1.165, 1.54) is 19.3 Å². The van der Waals surface area contributed by atoms with Crippen LogP contribution in [-0.4, -0.2) is 12.5 Å². The maximum Gasteiger partial charge on any atom is 0.234 e. The van der Waals surface area contributed by atoms with E-state index >= 15 is 0 Å². The molecule has 1 rings (SSSR count). The summed E-state index contributed by atoms with van der Waals surface area (Å²) >= 11 is 0. The Balaban J connectivity index is 2.32. The van der Waals surface area contributed by atoms with Gasteiger partial charge >= 0.3 is 0 Å². The number of carbonyl (C=O) groups is 1. The van der Waals surface area contributed by atoms with E-state index in [0.29, 0.717) is 11.3 Å². The van der Waals surface area contributed by atoms with Gasteiger partial charge in [-0.25, -0.2) is 0 Å². The van der Waals surface area contributed by atoms with Gasteiger partial charge in [0.2, 0.25) is 5.91 Å². The molecular weight excluding hydrogens is 176 g/mol. The molecule has 0 aromatic heterocycles. The fourth-order valence-corrected chi connectivity index (χ4v) is 2.15. The molecule has 0 radical (unpaired) electrons. The number of nitriles is 1. The Morgan fingerprint density at radius 2 is 2.36 bits per heavy atom. The molecule has 0 spiro atoms. The second-order valence-electron chi connectivity index (χ2n) is 4.72. The summed E-state index contributed by atoms with van der Waals surface area (Å²) in [5.74, 6) is 0.431. The summed E-state index contributed by atoms with van der Waals surface area (Å²) in [7, 11) is 0. The Bertz CT molecular complexity index is 253. The van der Waals surface area contributed by atoms with E-state index in [2.05, 4.69) is 19.2 Å². The van der Waals surface area contributed by atoms with Crippen molar-refractivity contribution in [3.05, 3.63) is 0 Å². The highest BCUT2D eigenvalue weighted by atomic mass is 16.1. The number of nitrogens with one attached hydrogen (secondary N) is 1. The number of hydrogen-bond donors (Lipinski definition) is 1. The topological polar surface area (TPSA) is 52.9 Å². The number of nitrogens with zero attached hydrogens (tertiary/aromatic N) is 1. The van der Waals surface area contributed by atoms with Gasteiger partial charge in [-0.05, 0) is 24.2 Å². The Hall–Kier alpha value is -1.04. The molecule has 0 bridgehead atoms. The van der Waals surface area contributed by atoms with Gasteiger partial charge in [0, 0.05) is 6.54 Å². The van der Waals surface area contributed by atoms with Gasteiger partial charge < -0.3 is 5.32 Å². The average molecular weight is 194 g/mol. The maximum atomic E-state index is 11.1. The van der Waals surface area contributed by atoms with Crippen LogP contribution in [-0.2, 0) is 4.79 Å². The summed E-state index contributed by atoms with van der Waals surface area (Å²) in [5.41, 5.74) is 0.347. The highest BCUT2D eigenvalue weighted by molar-refractivity contribution is 5.77. The van der Waals surface area contributed by atoms with E-state index in [9.17, 15) is 4.79 Å². The first-order chi connectivity index (χ1) is 6.56. The van der Waals surface area contributed by atoms with Gasteiger partial charge in [0.15, 0.2) is 0 Å². The van der Waals surface area contributed by atoms with Gasteiger partial charge in [0.05, 0.1) is 6.07 Å². The zero-order valence-electron chi connectivity index (χ0n) is 8.97. The standard InChI is InChI=1S/C11H18N2O/c1-11(2)6-3-4-9(11)8-13-10(14)5-7-12/h9H,3-6,8H2,1-2H3,(H,13,14). The van der Waals surface area contributed by atoms with Crippen LogP contribution in [0.4, 0.5) is 0 Å². The molecule has 0 aromatic carbocycles. The summed E-state index contributed by atoms with van der Waals surface area (Å²) in [4.78, 5) is 11.1. The minimum atomic E-state index is -0.143. The molecule has 3 heteroatoms. The minimum absolute atomic E-state index is 0.0207. The second-order valence-corrected chi connectivity index (χ2v) is 4.72. The molecule has 1 aliphatic carbocycles. The van der Waals surface area contributed by atoms with Gasteiger partial charge in [-0.15, -0.1) is 0 Å². The normalized spacial score (nSPS) is 24.2. The lowest BCUT2D eigenvalue weighted by molar-refractivity contribution is -0.120. The van der Waals surface area contributed by atoms with Crippen LogP contribution in [0.1, 0.15) is 39.5 Å². The smallest absolute Gasteiger partial charge is 0.234 e. The van der Waals surface area contributed by atoms with Crippen molar-refractivity contribution < 1.29 is 4.79 Å². The second kappa shape index (κ2) is 4.45. The van der Waals surface area contributed by atoms with Crippen LogP contribution >= 0.6 is 0 Å². The van der Waals surface area contributed by atoms with E-state index < -0.39 is 0 Å². The first-order valence-electron chi connectivity index (χ1n) is 5.20. The fourth-order valence-electron chi connectivity index (χ4n) is 2.15. The first-order valence-corrected chi connectivity index (χ1v) is 5.20. The third-order valence-electron chi connectivity index (χ3n) is 3.26. The van der Waals surface area contributed by atoms with E-state index in [1.54, 1.807) is 0 Å². The molecule has 78 valence electrons. The Kier molecular flexibility index (Phi) is 3.51. The average Bonchev–Trinajstić information content (AvgIpc) is 2.42. The maximum absolute atomic E-state index is 11.1. The van der Waals surface area contributed by atoms with Crippen molar-refractivity contribution in [1.82, 2.24) is 5.32 Å². The van der Waals surface area contributed by atoms with Crippen molar-refractivity contribution in [3.63, 3.8) is 0 Å². The molecule has 1 atom stereocenters. The highest BCUT2D eigenvalue weighted by Gasteiger charge is 2.34. The van der Waals surface area contributed by atoms with Crippen LogP contribution < -0.4 is 5.32 Å². The quantitative estimate of drug-likeness (QED) is 0.745. The molecule has 0 heterocycles. The molecule has 0 aliphatic heterocycles. The third kappa shape index (κ3) is 2.73. The number of amides is 1. The number of hydrogen-bond acceptors (Lipinski definition) is 2. The predicted molar refractivity (Wildman–Crippen MR) is 54.4 cm³/mol. The Morgan fingerprint density at radius 3 is 2.86 bits per heavy atom. The fraction of sp³-hybridized carbons (Fsp3) is 0.818. The van der Waals surface area contributed by atoms with Crippen LogP contribution in [0.25, 0.3) is 0 Å². The summed E-state index contributed by atoms with van der Waals surface area (Å²) in [6.07, 6.45) is 3.67. The molecule has 1 aliphatic rings. The van der Waals surface area contributed by atoms with Crippen molar-refractivity contribution in [1.29, 1.82) is 5.26 Å². The lowest BCUT2D eigenvalue weighted by Crippen LogP contribution is -2.33. The van der Waals surface area contributed by atoms with Crippen molar-refractivity contribution in [3.8, 4) is 6.07 Å². The van der Waals surface area contributed by atoms with Crippen molar-refractivity contribution in [2.24, 2.45) is 11.3 Å². The zero-order valence-corrected chi connectivity index (χ0v) is 8.97.